The van der Waals surface area contributed by atoms with Gasteiger partial charge < -0.3 is 10.2 Å². The van der Waals surface area contributed by atoms with Gasteiger partial charge in [0.15, 0.2) is 0 Å². The van der Waals surface area contributed by atoms with Gasteiger partial charge in [0.2, 0.25) is 10.9 Å². The Morgan fingerprint density at radius 1 is 1.32 bits per heavy atom. The lowest BCUT2D eigenvalue weighted by Gasteiger charge is -2.34. The Balaban J connectivity index is 1.57. The second-order valence-corrected chi connectivity index (χ2v) is 6.76. The average molecular weight is 325 g/mol. The third kappa shape index (κ3) is 3.74. The molecule has 3 heterocycles. The number of hydrogen-bond donors (Lipinski definition) is 3. The fourth-order valence-corrected chi connectivity index (χ4v) is 3.64. The summed E-state index contributed by atoms with van der Waals surface area (Å²) in [7, 11) is -2.46. The summed E-state index contributed by atoms with van der Waals surface area (Å²) in [6, 6.07) is 0. The van der Waals surface area contributed by atoms with Crippen molar-refractivity contribution in [2.45, 2.75) is 32.2 Å². The van der Waals surface area contributed by atoms with Crippen LogP contribution in [0.3, 0.4) is 0 Å². The van der Waals surface area contributed by atoms with E-state index in [-0.39, 0.29) is 0 Å². The number of hydrogen-bond acceptors (Lipinski definition) is 6. The zero-order valence-corrected chi connectivity index (χ0v) is 13.5. The molecule has 0 saturated carbocycles. The van der Waals surface area contributed by atoms with E-state index in [0.29, 0.717) is 12.5 Å². The maximum Gasteiger partial charge on any atom is 0.201 e. The smallest absolute Gasteiger partial charge is 0.201 e. The highest BCUT2D eigenvalue weighted by molar-refractivity contribution is 7.70. The maximum absolute atomic E-state index is 10.5. The molecule has 122 valence electrons. The van der Waals surface area contributed by atoms with Gasteiger partial charge in [-0.2, -0.15) is 0 Å². The van der Waals surface area contributed by atoms with Crippen LogP contribution in [0.2, 0.25) is 0 Å². The van der Waals surface area contributed by atoms with Crippen LogP contribution in [0.5, 0.6) is 0 Å². The van der Waals surface area contributed by atoms with Gasteiger partial charge in [-0.25, -0.2) is 23.1 Å². The van der Waals surface area contributed by atoms with Crippen molar-refractivity contribution < 1.29 is 8.42 Å². The molecule has 0 bridgehead atoms. The minimum Gasteiger partial charge on any atom is -0.356 e. The summed E-state index contributed by atoms with van der Waals surface area (Å²) in [5, 5.41) is 3.35. The lowest BCUT2D eigenvalue weighted by molar-refractivity contribution is 0.380. The highest BCUT2D eigenvalue weighted by atomic mass is 32.2. The quantitative estimate of drug-likeness (QED) is 0.653. The summed E-state index contributed by atoms with van der Waals surface area (Å²) in [6.45, 7) is 4.36. The van der Waals surface area contributed by atoms with Crippen LogP contribution in [0.25, 0.3) is 0 Å². The van der Waals surface area contributed by atoms with Gasteiger partial charge in [-0.05, 0) is 38.1 Å². The van der Waals surface area contributed by atoms with Crippen LogP contribution in [0.1, 0.15) is 30.5 Å². The Morgan fingerprint density at radius 2 is 2.14 bits per heavy atom. The zero-order chi connectivity index (χ0) is 15.4. The van der Waals surface area contributed by atoms with E-state index >= 15 is 0 Å². The lowest BCUT2D eigenvalue weighted by atomic mass is 9.93. The molecule has 1 aromatic heterocycles. The molecular weight excluding hydrogens is 302 g/mol. The summed E-state index contributed by atoms with van der Waals surface area (Å²) in [5.74, 6) is 1.70. The number of nitrogens with zero attached hydrogens (tertiary/aromatic N) is 3. The maximum atomic E-state index is 10.5. The molecule has 7 nitrogen and oxygen atoms in total. The first-order chi connectivity index (χ1) is 10.7. The minimum atomic E-state index is -2.46. The Bertz CT molecular complexity index is 577. The van der Waals surface area contributed by atoms with Gasteiger partial charge >= 0.3 is 0 Å². The van der Waals surface area contributed by atoms with E-state index in [1.165, 1.54) is 5.56 Å². The molecule has 0 spiro atoms. The van der Waals surface area contributed by atoms with Crippen molar-refractivity contribution in [2.75, 3.05) is 31.1 Å². The van der Waals surface area contributed by atoms with E-state index in [2.05, 4.69) is 24.9 Å². The Hall–Kier alpha value is -1.25. The van der Waals surface area contributed by atoms with Gasteiger partial charge in [-0.15, -0.1) is 0 Å². The molecule has 2 aliphatic rings. The minimum absolute atomic E-state index is 0.554. The number of anilines is 1. The molecule has 22 heavy (non-hydrogen) atoms. The van der Waals surface area contributed by atoms with Crippen LogP contribution in [-0.2, 0) is 23.9 Å². The van der Waals surface area contributed by atoms with Gasteiger partial charge in [-0.3, -0.25) is 0 Å². The predicted molar refractivity (Wildman–Crippen MR) is 85.3 cm³/mol. The van der Waals surface area contributed by atoms with E-state index in [0.717, 1.165) is 63.4 Å². The molecule has 1 fully saturated rings. The summed E-state index contributed by atoms with van der Waals surface area (Å²) >= 11 is 0. The summed E-state index contributed by atoms with van der Waals surface area (Å²) < 4.78 is 23.5. The van der Waals surface area contributed by atoms with E-state index < -0.39 is 10.9 Å². The molecule has 8 heteroatoms. The van der Waals surface area contributed by atoms with Crippen LogP contribution in [0.15, 0.2) is 6.33 Å². The first kappa shape index (κ1) is 15.6. The standard InChI is InChI=1S/C14H23N5O2S/c20-22(21)18-6-1-11-3-7-19(8-4-11)14-12-2-5-15-9-13(12)16-10-17-14/h10-11,15,22H,1-9H2,(H,18,20,21). The molecule has 0 atom stereocenters. The van der Waals surface area contributed by atoms with Crippen molar-refractivity contribution in [2.24, 2.45) is 5.92 Å². The van der Waals surface area contributed by atoms with Gasteiger partial charge in [-0.1, -0.05) is 0 Å². The molecule has 1 saturated heterocycles. The van der Waals surface area contributed by atoms with Crippen molar-refractivity contribution >= 4 is 16.7 Å². The normalized spacial score (nSPS) is 19.4. The number of aromatic nitrogens is 2. The number of fused-ring (bicyclic) bond motifs is 1. The monoisotopic (exact) mass is 325 g/mol. The highest BCUT2D eigenvalue weighted by Gasteiger charge is 2.24. The highest BCUT2D eigenvalue weighted by Crippen LogP contribution is 2.28. The van der Waals surface area contributed by atoms with Crippen LogP contribution in [0.4, 0.5) is 5.82 Å². The van der Waals surface area contributed by atoms with Gasteiger partial charge in [0.1, 0.15) is 12.1 Å². The van der Waals surface area contributed by atoms with Crippen LogP contribution < -0.4 is 14.9 Å². The number of piperidine rings is 1. The fourth-order valence-electron chi connectivity index (χ4n) is 3.33. The third-order valence-corrected chi connectivity index (χ3v) is 5.05. The van der Waals surface area contributed by atoms with Crippen molar-refractivity contribution in [3.05, 3.63) is 17.6 Å². The topological polar surface area (TPSA) is 87.2 Å². The molecule has 3 rings (SSSR count). The van der Waals surface area contributed by atoms with Gasteiger partial charge in [0.05, 0.1) is 5.69 Å². The molecule has 0 amide bonds. The number of thiol groups is 1. The van der Waals surface area contributed by atoms with Gasteiger partial charge in [0, 0.05) is 31.7 Å². The molecule has 0 aliphatic carbocycles. The van der Waals surface area contributed by atoms with Crippen molar-refractivity contribution in [1.29, 1.82) is 0 Å². The summed E-state index contributed by atoms with van der Waals surface area (Å²) in [5.41, 5.74) is 2.42. The largest absolute Gasteiger partial charge is 0.356 e. The van der Waals surface area contributed by atoms with Crippen molar-refractivity contribution in [3.63, 3.8) is 0 Å². The van der Waals surface area contributed by atoms with Crippen LogP contribution >= 0.6 is 0 Å². The van der Waals surface area contributed by atoms with E-state index in [9.17, 15) is 8.42 Å². The molecule has 0 aromatic carbocycles. The van der Waals surface area contributed by atoms with E-state index in [4.69, 9.17) is 0 Å². The molecule has 2 aliphatic heterocycles. The van der Waals surface area contributed by atoms with E-state index in [1.54, 1.807) is 6.33 Å². The first-order valence-corrected chi connectivity index (χ1v) is 9.08. The SMILES string of the molecule is O=[SH](=O)NCCC1CCN(c2ncnc3c2CCNC3)CC1. The average Bonchev–Trinajstić information content (AvgIpc) is 2.55. The predicted octanol–water partition coefficient (Wildman–Crippen LogP) is -0.155. The van der Waals surface area contributed by atoms with Crippen LogP contribution in [-0.4, -0.2) is 44.6 Å². The first-order valence-electron chi connectivity index (χ1n) is 7.90. The third-order valence-electron chi connectivity index (χ3n) is 4.56. The zero-order valence-electron chi connectivity index (χ0n) is 12.6. The molecule has 0 unspecified atom stereocenters. The lowest BCUT2D eigenvalue weighted by Crippen LogP contribution is -2.37. The Morgan fingerprint density at radius 3 is 2.91 bits per heavy atom. The number of rotatable bonds is 5. The summed E-state index contributed by atoms with van der Waals surface area (Å²) in [6.07, 6.45) is 5.76. The summed E-state index contributed by atoms with van der Waals surface area (Å²) in [4.78, 5) is 11.3. The van der Waals surface area contributed by atoms with Crippen molar-refractivity contribution in [1.82, 2.24) is 20.0 Å². The Labute approximate surface area is 132 Å². The second kappa shape index (κ2) is 7.34. The van der Waals surface area contributed by atoms with E-state index in [1.807, 2.05) is 0 Å². The van der Waals surface area contributed by atoms with Gasteiger partial charge in [0.25, 0.3) is 0 Å². The Kier molecular flexibility index (Phi) is 5.22. The molecule has 2 N–H and O–H groups in total. The van der Waals surface area contributed by atoms with Crippen molar-refractivity contribution in [3.8, 4) is 0 Å². The van der Waals surface area contributed by atoms with Crippen LogP contribution in [0, 0.1) is 5.92 Å². The second-order valence-electron chi connectivity index (χ2n) is 5.93. The molecule has 1 aromatic rings. The number of nitrogens with one attached hydrogen (secondary N) is 2. The molecule has 0 radical (unpaired) electrons. The molecular formula is C14H23N5O2S. The fraction of sp³-hybridized carbons (Fsp3) is 0.714.